The summed E-state index contributed by atoms with van der Waals surface area (Å²) in [5.74, 6) is -0.566. The van der Waals surface area contributed by atoms with E-state index < -0.39 is 11.5 Å². The number of aromatic nitrogens is 2. The topological polar surface area (TPSA) is 84.3 Å². The van der Waals surface area contributed by atoms with Crippen molar-refractivity contribution in [2.75, 3.05) is 18.4 Å². The van der Waals surface area contributed by atoms with E-state index in [0.29, 0.717) is 18.8 Å². The molecular formula is C19H22N4O3. The fourth-order valence-electron chi connectivity index (χ4n) is 2.89. The molecule has 0 bridgehead atoms. The van der Waals surface area contributed by atoms with Crippen molar-refractivity contribution in [2.45, 2.75) is 32.7 Å². The summed E-state index contributed by atoms with van der Waals surface area (Å²) in [5.41, 5.74) is 1.43. The molecule has 0 saturated carbocycles. The molecule has 7 nitrogen and oxygen atoms in total. The lowest BCUT2D eigenvalue weighted by Gasteiger charge is -2.26. The van der Waals surface area contributed by atoms with E-state index in [0.717, 1.165) is 29.5 Å². The molecule has 0 aliphatic carbocycles. The van der Waals surface area contributed by atoms with Gasteiger partial charge in [-0.25, -0.2) is 4.68 Å². The predicted molar refractivity (Wildman–Crippen MR) is 98.1 cm³/mol. The second-order valence-electron chi connectivity index (χ2n) is 6.48. The van der Waals surface area contributed by atoms with Crippen molar-refractivity contribution in [3.05, 3.63) is 58.0 Å². The normalized spacial score (nSPS) is 14.1. The first-order valence-corrected chi connectivity index (χ1v) is 8.77. The van der Waals surface area contributed by atoms with Gasteiger partial charge >= 0.3 is 0 Å². The molecule has 0 spiro atoms. The van der Waals surface area contributed by atoms with E-state index in [1.807, 2.05) is 19.1 Å². The van der Waals surface area contributed by atoms with E-state index in [1.165, 1.54) is 12.1 Å². The van der Waals surface area contributed by atoms with E-state index in [9.17, 15) is 14.4 Å². The Morgan fingerprint density at radius 2 is 1.73 bits per heavy atom. The number of anilines is 1. The molecule has 0 radical (unpaired) electrons. The second kappa shape index (κ2) is 7.95. The van der Waals surface area contributed by atoms with Crippen molar-refractivity contribution < 1.29 is 9.59 Å². The van der Waals surface area contributed by atoms with Gasteiger partial charge in [-0.15, -0.1) is 0 Å². The van der Waals surface area contributed by atoms with Crippen LogP contribution in [0.4, 0.5) is 5.69 Å². The first-order chi connectivity index (χ1) is 12.5. The highest BCUT2D eigenvalue weighted by molar-refractivity contribution is 6.02. The zero-order valence-electron chi connectivity index (χ0n) is 14.8. The van der Waals surface area contributed by atoms with Crippen LogP contribution in [0.2, 0.25) is 0 Å². The van der Waals surface area contributed by atoms with Crippen molar-refractivity contribution >= 4 is 17.5 Å². The highest BCUT2D eigenvalue weighted by Crippen LogP contribution is 2.10. The van der Waals surface area contributed by atoms with Crippen LogP contribution >= 0.6 is 0 Å². The molecule has 2 aromatic rings. The Morgan fingerprint density at radius 1 is 1.04 bits per heavy atom. The molecule has 3 rings (SSSR count). The quantitative estimate of drug-likeness (QED) is 0.908. The van der Waals surface area contributed by atoms with Crippen LogP contribution in [0, 0.1) is 6.92 Å². The lowest BCUT2D eigenvalue weighted by Crippen LogP contribution is -2.40. The fraction of sp³-hybridized carbons (Fsp3) is 0.368. The smallest absolute Gasteiger partial charge is 0.276 e. The number of nitrogens with one attached hydrogen (secondary N) is 1. The van der Waals surface area contributed by atoms with Crippen LogP contribution in [0.25, 0.3) is 0 Å². The fourth-order valence-corrected chi connectivity index (χ4v) is 2.89. The van der Waals surface area contributed by atoms with Crippen molar-refractivity contribution in [1.82, 2.24) is 14.7 Å². The highest BCUT2D eigenvalue weighted by atomic mass is 16.2. The van der Waals surface area contributed by atoms with Gasteiger partial charge in [0.25, 0.3) is 11.5 Å². The predicted octanol–water partition coefficient (Wildman–Crippen LogP) is 1.82. The monoisotopic (exact) mass is 354 g/mol. The molecule has 1 N–H and O–H groups in total. The van der Waals surface area contributed by atoms with Gasteiger partial charge in [0.05, 0.1) is 0 Å². The zero-order valence-corrected chi connectivity index (χ0v) is 14.8. The van der Waals surface area contributed by atoms with E-state index in [-0.39, 0.29) is 18.1 Å². The summed E-state index contributed by atoms with van der Waals surface area (Å²) in [6.45, 7) is 3.23. The number of hydrogen-bond donors (Lipinski definition) is 1. The molecule has 0 atom stereocenters. The molecule has 26 heavy (non-hydrogen) atoms. The van der Waals surface area contributed by atoms with E-state index >= 15 is 0 Å². The first-order valence-electron chi connectivity index (χ1n) is 8.77. The van der Waals surface area contributed by atoms with Gasteiger partial charge in [-0.1, -0.05) is 17.7 Å². The average molecular weight is 354 g/mol. The third-order valence-corrected chi connectivity index (χ3v) is 4.40. The summed E-state index contributed by atoms with van der Waals surface area (Å²) in [5, 5.41) is 6.80. The Kier molecular flexibility index (Phi) is 5.46. The van der Waals surface area contributed by atoms with Crippen LogP contribution in [-0.4, -0.2) is 39.6 Å². The van der Waals surface area contributed by atoms with Crippen molar-refractivity contribution in [3.63, 3.8) is 0 Å². The van der Waals surface area contributed by atoms with Crippen LogP contribution < -0.4 is 10.9 Å². The molecule has 1 aromatic carbocycles. The van der Waals surface area contributed by atoms with Crippen LogP contribution in [0.15, 0.2) is 41.2 Å². The van der Waals surface area contributed by atoms with Gasteiger partial charge in [0.1, 0.15) is 12.2 Å². The van der Waals surface area contributed by atoms with Gasteiger partial charge in [-0.05, 0) is 44.4 Å². The van der Waals surface area contributed by atoms with Crippen molar-refractivity contribution in [2.24, 2.45) is 0 Å². The minimum Gasteiger partial charge on any atom is -0.341 e. The van der Waals surface area contributed by atoms with Crippen LogP contribution in [0.3, 0.4) is 0 Å². The molecule has 1 aliphatic heterocycles. The van der Waals surface area contributed by atoms with Gasteiger partial charge in [-0.3, -0.25) is 14.4 Å². The first kappa shape index (κ1) is 17.8. The molecule has 136 valence electrons. The Hall–Kier alpha value is -2.96. The van der Waals surface area contributed by atoms with E-state index in [1.54, 1.807) is 17.0 Å². The Balaban J connectivity index is 1.72. The maximum Gasteiger partial charge on any atom is 0.276 e. The molecule has 2 amide bonds. The molecule has 0 unspecified atom stereocenters. The third kappa shape index (κ3) is 4.36. The van der Waals surface area contributed by atoms with Gasteiger partial charge in [-0.2, -0.15) is 5.10 Å². The summed E-state index contributed by atoms with van der Waals surface area (Å²) in [6, 6.07) is 10.0. The van der Waals surface area contributed by atoms with Gasteiger partial charge in [0.15, 0.2) is 0 Å². The minimum atomic E-state index is -0.423. The van der Waals surface area contributed by atoms with E-state index in [4.69, 9.17) is 0 Å². The molecular weight excluding hydrogens is 332 g/mol. The number of carbonyl (C=O) groups is 2. The van der Waals surface area contributed by atoms with Crippen molar-refractivity contribution in [1.29, 1.82) is 0 Å². The Bertz CT molecular complexity index is 852. The standard InChI is InChI=1S/C19H22N4O3/c1-14-5-7-15(8-6-14)20-19(26)16-9-10-17(24)23(21-16)13-18(25)22-11-3-2-4-12-22/h5-10H,2-4,11-13H2,1H3,(H,20,26). The number of aryl methyl sites for hydroxylation is 1. The molecule has 1 fully saturated rings. The lowest BCUT2D eigenvalue weighted by atomic mass is 10.1. The van der Waals surface area contributed by atoms with Gasteiger partial charge in [0.2, 0.25) is 5.91 Å². The van der Waals surface area contributed by atoms with Crippen LogP contribution in [0.1, 0.15) is 35.3 Å². The third-order valence-electron chi connectivity index (χ3n) is 4.40. The second-order valence-corrected chi connectivity index (χ2v) is 6.48. The van der Waals surface area contributed by atoms with Crippen molar-refractivity contribution in [3.8, 4) is 0 Å². The molecule has 1 saturated heterocycles. The van der Waals surface area contributed by atoms with Crippen LogP contribution in [0.5, 0.6) is 0 Å². The lowest BCUT2D eigenvalue weighted by molar-refractivity contribution is -0.133. The van der Waals surface area contributed by atoms with E-state index in [2.05, 4.69) is 10.4 Å². The molecule has 2 heterocycles. The average Bonchev–Trinajstić information content (AvgIpc) is 2.66. The summed E-state index contributed by atoms with van der Waals surface area (Å²) < 4.78 is 1.06. The number of amides is 2. The maximum absolute atomic E-state index is 12.4. The number of piperidine rings is 1. The number of rotatable bonds is 4. The number of hydrogen-bond acceptors (Lipinski definition) is 4. The number of carbonyl (C=O) groups excluding carboxylic acids is 2. The van der Waals surface area contributed by atoms with Gasteiger partial charge in [0, 0.05) is 24.8 Å². The number of nitrogens with zero attached hydrogens (tertiary/aromatic N) is 3. The Labute approximate surface area is 151 Å². The Morgan fingerprint density at radius 3 is 2.42 bits per heavy atom. The number of likely N-dealkylation sites (tertiary alicyclic amines) is 1. The summed E-state index contributed by atoms with van der Waals surface area (Å²) in [6.07, 6.45) is 3.08. The SMILES string of the molecule is Cc1ccc(NC(=O)c2ccc(=O)n(CC(=O)N3CCCCC3)n2)cc1. The number of benzene rings is 1. The van der Waals surface area contributed by atoms with Crippen LogP contribution in [-0.2, 0) is 11.3 Å². The summed E-state index contributed by atoms with van der Waals surface area (Å²) >= 11 is 0. The largest absolute Gasteiger partial charge is 0.341 e. The highest BCUT2D eigenvalue weighted by Gasteiger charge is 2.18. The zero-order chi connectivity index (χ0) is 18.5. The minimum absolute atomic E-state index is 0.0941. The molecule has 1 aliphatic rings. The molecule has 7 heteroatoms. The maximum atomic E-state index is 12.4. The summed E-state index contributed by atoms with van der Waals surface area (Å²) in [7, 11) is 0. The molecule has 1 aromatic heterocycles. The summed E-state index contributed by atoms with van der Waals surface area (Å²) in [4.78, 5) is 38.5. The van der Waals surface area contributed by atoms with Gasteiger partial charge < -0.3 is 10.2 Å².